The standard InChI is InChI=1S/C34H49N3O6/c1-9-10-14-21-37(28(38)23-35-32(41)43-34(6,7)8)29(26-19-17-24(2)18-20-26)30(39)36-27(31(40)42-33(3,4)5)22-25-15-12-11-13-16-25/h11-13,15-20,27,29H,9-10,14,21-23H2,1-8H3,(H,35,41)(H,36,39). The molecule has 0 aliphatic carbocycles. The first-order valence-corrected chi connectivity index (χ1v) is 15.0. The third kappa shape index (κ3) is 12.9. The molecule has 0 radical (unpaired) electrons. The molecule has 0 aliphatic heterocycles. The van der Waals surface area contributed by atoms with E-state index in [1.165, 1.54) is 4.90 Å². The van der Waals surface area contributed by atoms with E-state index in [2.05, 4.69) is 17.6 Å². The van der Waals surface area contributed by atoms with Gasteiger partial charge in [0.15, 0.2) is 0 Å². The summed E-state index contributed by atoms with van der Waals surface area (Å²) in [5.41, 5.74) is 0.945. The SMILES string of the molecule is CCCCCN(C(=O)CNC(=O)OC(C)(C)C)C(C(=O)NC(Cc1ccccc1)C(=O)OC(C)(C)C)c1ccc(C)cc1. The number of nitrogens with one attached hydrogen (secondary N) is 2. The van der Waals surface area contributed by atoms with Crippen LogP contribution >= 0.6 is 0 Å². The number of benzene rings is 2. The summed E-state index contributed by atoms with van der Waals surface area (Å²) in [6.07, 6.45) is 1.91. The molecular formula is C34H49N3O6. The zero-order chi connectivity index (χ0) is 32.2. The van der Waals surface area contributed by atoms with Gasteiger partial charge in [0.1, 0.15) is 29.8 Å². The summed E-state index contributed by atoms with van der Waals surface area (Å²) in [6, 6.07) is 14.7. The highest BCUT2D eigenvalue weighted by Crippen LogP contribution is 2.24. The quantitative estimate of drug-likeness (QED) is 0.229. The smallest absolute Gasteiger partial charge is 0.408 e. The predicted octanol–water partition coefficient (Wildman–Crippen LogP) is 5.65. The number of carbonyl (C=O) groups excluding carboxylic acids is 4. The lowest BCUT2D eigenvalue weighted by Gasteiger charge is -2.33. The average Bonchev–Trinajstić information content (AvgIpc) is 2.90. The summed E-state index contributed by atoms with van der Waals surface area (Å²) in [4.78, 5) is 55.0. The summed E-state index contributed by atoms with van der Waals surface area (Å²) in [5.74, 6) is -1.53. The number of unbranched alkanes of at least 4 members (excludes halogenated alkanes) is 2. The van der Waals surface area contributed by atoms with Gasteiger partial charge in [-0.1, -0.05) is 79.9 Å². The van der Waals surface area contributed by atoms with Crippen LogP contribution in [0, 0.1) is 6.92 Å². The number of rotatable bonds is 13. The van der Waals surface area contributed by atoms with Crippen molar-refractivity contribution < 1.29 is 28.7 Å². The Hall–Kier alpha value is -3.88. The molecule has 3 amide bonds. The lowest BCUT2D eigenvalue weighted by Crippen LogP contribution is -2.52. The maximum atomic E-state index is 14.2. The number of alkyl carbamates (subject to hydrolysis) is 1. The van der Waals surface area contributed by atoms with Crippen molar-refractivity contribution in [2.75, 3.05) is 13.1 Å². The molecule has 2 unspecified atom stereocenters. The van der Waals surface area contributed by atoms with E-state index in [-0.39, 0.29) is 19.5 Å². The molecule has 9 nitrogen and oxygen atoms in total. The second-order valence-electron chi connectivity index (χ2n) is 12.7. The molecule has 43 heavy (non-hydrogen) atoms. The Morgan fingerprint density at radius 2 is 1.44 bits per heavy atom. The minimum absolute atomic E-state index is 0.214. The fourth-order valence-corrected chi connectivity index (χ4v) is 4.38. The second kappa shape index (κ2) is 16.1. The van der Waals surface area contributed by atoms with Crippen LogP contribution in [0.25, 0.3) is 0 Å². The van der Waals surface area contributed by atoms with Crippen LogP contribution in [0.15, 0.2) is 54.6 Å². The van der Waals surface area contributed by atoms with Crippen LogP contribution < -0.4 is 10.6 Å². The molecular weight excluding hydrogens is 546 g/mol. The van der Waals surface area contributed by atoms with Crippen molar-refractivity contribution in [3.05, 3.63) is 71.3 Å². The van der Waals surface area contributed by atoms with Crippen molar-refractivity contribution in [2.45, 2.75) is 104 Å². The highest BCUT2D eigenvalue weighted by Gasteiger charge is 2.35. The molecule has 2 atom stereocenters. The van der Waals surface area contributed by atoms with E-state index in [1.807, 2.05) is 49.4 Å². The van der Waals surface area contributed by atoms with Gasteiger partial charge in [-0.2, -0.15) is 0 Å². The molecule has 2 aromatic carbocycles. The van der Waals surface area contributed by atoms with Crippen LogP contribution in [0.3, 0.4) is 0 Å². The van der Waals surface area contributed by atoms with Gasteiger partial charge in [-0.25, -0.2) is 9.59 Å². The fraction of sp³-hybridized carbons (Fsp3) is 0.529. The van der Waals surface area contributed by atoms with Gasteiger partial charge in [0.05, 0.1) is 0 Å². The van der Waals surface area contributed by atoms with Gasteiger partial charge in [-0.15, -0.1) is 0 Å². The first kappa shape index (κ1) is 35.3. The third-order valence-electron chi connectivity index (χ3n) is 6.35. The van der Waals surface area contributed by atoms with E-state index >= 15 is 0 Å². The van der Waals surface area contributed by atoms with Crippen molar-refractivity contribution in [3.8, 4) is 0 Å². The second-order valence-corrected chi connectivity index (χ2v) is 12.7. The van der Waals surface area contributed by atoms with E-state index in [0.717, 1.165) is 24.0 Å². The Morgan fingerprint density at radius 1 is 0.837 bits per heavy atom. The minimum Gasteiger partial charge on any atom is -0.458 e. The summed E-state index contributed by atoms with van der Waals surface area (Å²) < 4.78 is 11.0. The fourth-order valence-electron chi connectivity index (χ4n) is 4.38. The Kier molecular flexibility index (Phi) is 13.2. The van der Waals surface area contributed by atoms with Gasteiger partial charge in [-0.3, -0.25) is 9.59 Å². The zero-order valence-electron chi connectivity index (χ0n) is 27.0. The molecule has 2 aromatic rings. The number of hydrogen-bond acceptors (Lipinski definition) is 6. The largest absolute Gasteiger partial charge is 0.458 e. The Morgan fingerprint density at radius 3 is 2.00 bits per heavy atom. The molecule has 0 spiro atoms. The maximum absolute atomic E-state index is 14.2. The van der Waals surface area contributed by atoms with Crippen LogP contribution in [0.2, 0.25) is 0 Å². The average molecular weight is 596 g/mol. The third-order valence-corrected chi connectivity index (χ3v) is 6.35. The number of amides is 3. The lowest BCUT2D eigenvalue weighted by molar-refractivity contribution is -0.159. The van der Waals surface area contributed by atoms with E-state index in [9.17, 15) is 19.2 Å². The molecule has 0 bridgehead atoms. The number of esters is 1. The molecule has 236 valence electrons. The van der Waals surface area contributed by atoms with E-state index < -0.39 is 47.2 Å². The van der Waals surface area contributed by atoms with E-state index in [4.69, 9.17) is 9.47 Å². The molecule has 9 heteroatoms. The number of nitrogens with zero attached hydrogens (tertiary/aromatic N) is 1. The number of aryl methyl sites for hydroxylation is 1. The number of hydrogen-bond donors (Lipinski definition) is 2. The van der Waals surface area contributed by atoms with Gasteiger partial charge in [0, 0.05) is 13.0 Å². The topological polar surface area (TPSA) is 114 Å². The van der Waals surface area contributed by atoms with Crippen molar-refractivity contribution >= 4 is 23.9 Å². The lowest BCUT2D eigenvalue weighted by atomic mass is 10.00. The molecule has 0 aromatic heterocycles. The van der Waals surface area contributed by atoms with Crippen molar-refractivity contribution in [3.63, 3.8) is 0 Å². The summed E-state index contributed by atoms with van der Waals surface area (Å²) in [5, 5.41) is 5.43. The molecule has 0 saturated carbocycles. The summed E-state index contributed by atoms with van der Waals surface area (Å²) in [7, 11) is 0. The number of ether oxygens (including phenoxy) is 2. The van der Waals surface area contributed by atoms with Gasteiger partial charge in [0.2, 0.25) is 11.8 Å². The Bertz CT molecular complexity index is 1200. The normalized spacial score (nSPS) is 12.9. The first-order valence-electron chi connectivity index (χ1n) is 15.0. The highest BCUT2D eigenvalue weighted by atomic mass is 16.6. The summed E-state index contributed by atoms with van der Waals surface area (Å²) >= 11 is 0. The van der Waals surface area contributed by atoms with Crippen LogP contribution in [-0.4, -0.2) is 59.1 Å². The zero-order valence-corrected chi connectivity index (χ0v) is 27.0. The molecule has 0 saturated heterocycles. The van der Waals surface area contributed by atoms with Crippen LogP contribution in [0.1, 0.15) is 90.5 Å². The predicted molar refractivity (Wildman–Crippen MR) is 167 cm³/mol. The molecule has 2 N–H and O–H groups in total. The van der Waals surface area contributed by atoms with Crippen LogP contribution in [0.5, 0.6) is 0 Å². The van der Waals surface area contributed by atoms with Crippen molar-refractivity contribution in [1.29, 1.82) is 0 Å². The maximum Gasteiger partial charge on any atom is 0.408 e. The Labute approximate surface area is 256 Å². The molecule has 0 aliphatic rings. The van der Waals surface area contributed by atoms with Crippen molar-refractivity contribution in [1.82, 2.24) is 15.5 Å². The Balaban J connectivity index is 2.45. The monoisotopic (exact) mass is 595 g/mol. The molecule has 2 rings (SSSR count). The van der Waals surface area contributed by atoms with E-state index in [1.54, 1.807) is 53.7 Å². The van der Waals surface area contributed by atoms with Gasteiger partial charge < -0.3 is 25.0 Å². The molecule has 0 heterocycles. The van der Waals surface area contributed by atoms with Gasteiger partial charge >= 0.3 is 12.1 Å². The first-order chi connectivity index (χ1) is 20.1. The van der Waals surface area contributed by atoms with Crippen LogP contribution in [-0.2, 0) is 30.3 Å². The minimum atomic E-state index is -1.05. The van der Waals surface area contributed by atoms with Crippen LogP contribution in [0.4, 0.5) is 4.79 Å². The number of carbonyl (C=O) groups is 4. The summed E-state index contributed by atoms with van der Waals surface area (Å²) in [6.45, 7) is 14.4. The van der Waals surface area contributed by atoms with Crippen molar-refractivity contribution in [2.24, 2.45) is 0 Å². The van der Waals surface area contributed by atoms with E-state index in [0.29, 0.717) is 12.0 Å². The van der Waals surface area contributed by atoms with Gasteiger partial charge in [0.25, 0.3) is 0 Å². The van der Waals surface area contributed by atoms with Gasteiger partial charge in [-0.05, 0) is 66.0 Å². The molecule has 0 fully saturated rings. The highest BCUT2D eigenvalue weighted by molar-refractivity contribution is 5.92.